The number of carbonyl (C=O) groups excluding carboxylic acids is 2. The van der Waals surface area contributed by atoms with Crippen LogP contribution in [0.15, 0.2) is 30.6 Å². The minimum Gasteiger partial charge on any atom is -0.462 e. The maximum atomic E-state index is 14.8. The van der Waals surface area contributed by atoms with E-state index < -0.39 is 42.8 Å². The minimum absolute atomic E-state index is 0.0684. The van der Waals surface area contributed by atoms with Gasteiger partial charge in [-0.25, -0.2) is 19.2 Å². The van der Waals surface area contributed by atoms with Crippen LogP contribution >= 0.6 is 11.6 Å². The fourth-order valence-electron chi connectivity index (χ4n) is 5.41. The van der Waals surface area contributed by atoms with Gasteiger partial charge in [-0.3, -0.25) is 4.79 Å². The van der Waals surface area contributed by atoms with Gasteiger partial charge in [0, 0.05) is 45.2 Å². The quantitative estimate of drug-likeness (QED) is 0.139. The second-order valence-electron chi connectivity index (χ2n) is 11.7. The highest BCUT2D eigenvalue weighted by Crippen LogP contribution is 2.24. The molecular formula is C30H41ClFN5O8. The van der Waals surface area contributed by atoms with E-state index in [0.29, 0.717) is 42.9 Å². The summed E-state index contributed by atoms with van der Waals surface area (Å²) in [7, 11) is 0. The van der Waals surface area contributed by atoms with E-state index in [-0.39, 0.29) is 42.5 Å². The minimum atomic E-state index is -1.69. The van der Waals surface area contributed by atoms with Crippen LogP contribution in [-0.2, 0) is 16.0 Å². The molecule has 0 aliphatic carbocycles. The number of amides is 1. The molecule has 2 aromatic rings. The van der Waals surface area contributed by atoms with Crippen molar-refractivity contribution in [3.05, 3.63) is 52.6 Å². The van der Waals surface area contributed by atoms with Crippen molar-refractivity contribution in [3.8, 4) is 0 Å². The fourth-order valence-corrected chi connectivity index (χ4v) is 5.50. The van der Waals surface area contributed by atoms with Crippen LogP contribution in [0.2, 0.25) is 5.02 Å². The molecular weight excluding hydrogens is 613 g/mol. The Morgan fingerprint density at radius 2 is 1.71 bits per heavy atom. The van der Waals surface area contributed by atoms with Gasteiger partial charge >= 0.3 is 5.97 Å². The standard InChI is InChI=1S/C30H41ClFN5O8/c31-22-12-34-30(35-13-22)36-6-3-18(4-7-36)5-8-45-29(44)21-2-1-20(23(32)9-21)10-26(41)37-15-19(16-37)11-33-14-24(39)27(42)28(43)25(40)17-38/h1-2,9,12-13,18-19,24-25,27-28,33,38-40,42-43H,3-8,10-11,14-17H2/t24-,25+,27+,28+/m0/s1. The van der Waals surface area contributed by atoms with Crippen molar-refractivity contribution in [1.82, 2.24) is 20.2 Å². The first-order chi connectivity index (χ1) is 21.5. The number of esters is 1. The van der Waals surface area contributed by atoms with Gasteiger partial charge in [0.05, 0.1) is 48.7 Å². The molecule has 6 N–H and O–H groups in total. The third-order valence-corrected chi connectivity index (χ3v) is 8.51. The number of aliphatic hydroxyl groups excluding tert-OH is 5. The molecule has 2 fully saturated rings. The number of halogens is 2. The smallest absolute Gasteiger partial charge is 0.338 e. The third-order valence-electron chi connectivity index (χ3n) is 8.32. The molecule has 1 aromatic heterocycles. The van der Waals surface area contributed by atoms with Crippen molar-refractivity contribution in [2.75, 3.05) is 57.4 Å². The Hall–Kier alpha value is -2.98. The van der Waals surface area contributed by atoms with Crippen LogP contribution in [0, 0.1) is 17.7 Å². The van der Waals surface area contributed by atoms with E-state index in [9.17, 15) is 34.4 Å². The van der Waals surface area contributed by atoms with Gasteiger partial charge in [-0.1, -0.05) is 17.7 Å². The SMILES string of the molecule is O=C(OCCC1CCN(c2ncc(Cl)cn2)CC1)c1ccc(CC(=O)N2CC(CNC[C@H](O)[C@@H](O)[C@H](O)[C@H](O)CO)C2)c(F)c1. The summed E-state index contributed by atoms with van der Waals surface area (Å²) in [5.41, 5.74) is 0.259. The van der Waals surface area contributed by atoms with Crippen LogP contribution < -0.4 is 10.2 Å². The third kappa shape index (κ3) is 9.75. The van der Waals surface area contributed by atoms with Gasteiger partial charge in [-0.05, 0) is 42.9 Å². The van der Waals surface area contributed by atoms with Crippen LogP contribution in [-0.4, -0.2) is 129 Å². The van der Waals surface area contributed by atoms with Crippen LogP contribution in [0.5, 0.6) is 0 Å². The molecule has 1 amide bonds. The maximum absolute atomic E-state index is 14.8. The van der Waals surface area contributed by atoms with Gasteiger partial charge in [0.25, 0.3) is 0 Å². The number of hydrogen-bond donors (Lipinski definition) is 6. The average Bonchev–Trinajstić information content (AvgIpc) is 3.02. The molecule has 15 heteroatoms. The molecule has 45 heavy (non-hydrogen) atoms. The van der Waals surface area contributed by atoms with E-state index in [1.54, 1.807) is 17.3 Å². The molecule has 4 atom stereocenters. The Balaban J connectivity index is 1.11. The van der Waals surface area contributed by atoms with E-state index in [2.05, 4.69) is 20.2 Å². The normalized spacial score (nSPS) is 18.6. The van der Waals surface area contributed by atoms with Gasteiger partial charge in [0.2, 0.25) is 11.9 Å². The average molecular weight is 654 g/mol. The van der Waals surface area contributed by atoms with Gasteiger partial charge in [0.15, 0.2) is 0 Å². The van der Waals surface area contributed by atoms with Gasteiger partial charge < -0.3 is 45.4 Å². The topological polar surface area (TPSA) is 189 Å². The molecule has 248 valence electrons. The predicted molar refractivity (Wildman–Crippen MR) is 161 cm³/mol. The summed E-state index contributed by atoms with van der Waals surface area (Å²) in [6.07, 6.45) is -0.782. The van der Waals surface area contributed by atoms with Gasteiger partial charge in [-0.2, -0.15) is 0 Å². The number of ether oxygens (including phenoxy) is 1. The maximum Gasteiger partial charge on any atom is 0.338 e. The largest absolute Gasteiger partial charge is 0.462 e. The highest BCUT2D eigenvalue weighted by Gasteiger charge is 2.32. The van der Waals surface area contributed by atoms with Crippen LogP contribution in [0.1, 0.15) is 35.2 Å². The summed E-state index contributed by atoms with van der Waals surface area (Å²) in [4.78, 5) is 37.3. The van der Waals surface area contributed by atoms with Crippen molar-refractivity contribution < 1.29 is 44.2 Å². The molecule has 2 saturated heterocycles. The van der Waals surface area contributed by atoms with Gasteiger partial charge in [0.1, 0.15) is 24.1 Å². The monoisotopic (exact) mass is 653 g/mol. The number of carbonyl (C=O) groups is 2. The molecule has 0 unspecified atom stereocenters. The second kappa shape index (κ2) is 16.5. The molecule has 2 aliphatic rings. The summed E-state index contributed by atoms with van der Waals surface area (Å²) in [5.74, 6) is -0.424. The van der Waals surface area contributed by atoms with E-state index in [4.69, 9.17) is 21.4 Å². The highest BCUT2D eigenvalue weighted by molar-refractivity contribution is 6.30. The first-order valence-corrected chi connectivity index (χ1v) is 15.4. The number of benzene rings is 1. The molecule has 3 heterocycles. The van der Waals surface area contributed by atoms with Crippen molar-refractivity contribution >= 4 is 29.4 Å². The fraction of sp³-hybridized carbons (Fsp3) is 0.600. The number of aliphatic hydroxyl groups is 5. The summed E-state index contributed by atoms with van der Waals surface area (Å²) in [6.45, 7) is 2.27. The summed E-state index contributed by atoms with van der Waals surface area (Å²) in [6, 6.07) is 3.97. The number of anilines is 1. The van der Waals surface area contributed by atoms with E-state index >= 15 is 0 Å². The lowest BCUT2D eigenvalue weighted by Crippen LogP contribution is -2.55. The lowest BCUT2D eigenvalue weighted by Gasteiger charge is -2.39. The molecule has 2 aliphatic heterocycles. The highest BCUT2D eigenvalue weighted by atomic mass is 35.5. The van der Waals surface area contributed by atoms with Crippen molar-refractivity contribution in [2.45, 2.75) is 50.1 Å². The predicted octanol–water partition coefficient (Wildman–Crippen LogP) is -0.241. The van der Waals surface area contributed by atoms with Crippen molar-refractivity contribution in [1.29, 1.82) is 0 Å². The summed E-state index contributed by atoms with van der Waals surface area (Å²) in [5, 5.41) is 51.1. The van der Waals surface area contributed by atoms with E-state index in [1.807, 2.05) is 0 Å². The van der Waals surface area contributed by atoms with Crippen LogP contribution in [0.4, 0.5) is 10.3 Å². The number of nitrogens with one attached hydrogen (secondary N) is 1. The van der Waals surface area contributed by atoms with E-state index in [1.165, 1.54) is 12.1 Å². The Morgan fingerprint density at radius 1 is 1.04 bits per heavy atom. The Morgan fingerprint density at radius 3 is 2.36 bits per heavy atom. The molecule has 4 rings (SSSR count). The number of aromatic nitrogens is 2. The summed E-state index contributed by atoms with van der Waals surface area (Å²) < 4.78 is 20.2. The molecule has 13 nitrogen and oxygen atoms in total. The van der Waals surface area contributed by atoms with Crippen molar-refractivity contribution in [2.24, 2.45) is 11.8 Å². The Labute approximate surface area is 265 Å². The first kappa shape index (κ1) is 34.9. The molecule has 0 radical (unpaired) electrons. The number of rotatable bonds is 15. The molecule has 0 saturated carbocycles. The van der Waals surface area contributed by atoms with Gasteiger partial charge in [-0.15, -0.1) is 0 Å². The zero-order valence-electron chi connectivity index (χ0n) is 24.8. The van der Waals surface area contributed by atoms with Crippen LogP contribution in [0.25, 0.3) is 0 Å². The Kier molecular flexibility index (Phi) is 12.8. The number of likely N-dealkylation sites (tertiary alicyclic amines) is 1. The lowest BCUT2D eigenvalue weighted by molar-refractivity contribution is -0.136. The first-order valence-electron chi connectivity index (χ1n) is 15.0. The molecule has 1 aromatic carbocycles. The van der Waals surface area contributed by atoms with Crippen molar-refractivity contribution in [3.63, 3.8) is 0 Å². The van der Waals surface area contributed by atoms with E-state index in [0.717, 1.165) is 32.0 Å². The molecule has 0 spiro atoms. The zero-order valence-corrected chi connectivity index (χ0v) is 25.6. The molecule has 0 bridgehead atoms. The number of piperidine rings is 1. The van der Waals surface area contributed by atoms with Crippen LogP contribution in [0.3, 0.4) is 0 Å². The summed E-state index contributed by atoms with van der Waals surface area (Å²) >= 11 is 5.85. The Bertz CT molecular complexity index is 1260. The second-order valence-corrected chi connectivity index (χ2v) is 12.1. The number of nitrogens with zero attached hydrogens (tertiary/aromatic N) is 4. The zero-order chi connectivity index (χ0) is 32.5. The number of hydrogen-bond acceptors (Lipinski definition) is 12. The lowest BCUT2D eigenvalue weighted by atomic mass is 9.94.